The first-order valence-corrected chi connectivity index (χ1v) is 6.43. The van der Waals surface area contributed by atoms with Crippen molar-refractivity contribution in [2.45, 2.75) is 33.1 Å². The van der Waals surface area contributed by atoms with Crippen LogP contribution in [0.3, 0.4) is 0 Å². The molecule has 0 aliphatic heterocycles. The molecule has 1 aromatic rings. The lowest BCUT2D eigenvalue weighted by Crippen LogP contribution is -2.16. The molecular formula is C12H20N4O4. The molecule has 0 saturated carbocycles. The lowest BCUT2D eigenvalue weighted by atomic mass is 10.1. The SMILES string of the molecule is CC(CCNc1c([N+](=O)[O-])c(C(C)C)nn1C)C(=O)O. The third kappa shape index (κ3) is 3.46. The molecule has 1 unspecified atom stereocenters. The number of aromatic nitrogens is 2. The van der Waals surface area contributed by atoms with Crippen LogP contribution in [0.5, 0.6) is 0 Å². The molecule has 8 nitrogen and oxygen atoms in total. The van der Waals surface area contributed by atoms with Crippen LogP contribution < -0.4 is 5.32 Å². The molecule has 0 saturated heterocycles. The normalized spacial score (nSPS) is 12.4. The number of carboxylic acids is 1. The van der Waals surface area contributed by atoms with Crippen LogP contribution >= 0.6 is 0 Å². The van der Waals surface area contributed by atoms with Gasteiger partial charge in [-0.05, 0) is 6.42 Å². The van der Waals surface area contributed by atoms with Crippen molar-refractivity contribution in [2.75, 3.05) is 11.9 Å². The van der Waals surface area contributed by atoms with Crippen LogP contribution in [0.2, 0.25) is 0 Å². The number of carbonyl (C=O) groups is 1. The van der Waals surface area contributed by atoms with E-state index >= 15 is 0 Å². The van der Waals surface area contributed by atoms with Crippen molar-refractivity contribution in [3.8, 4) is 0 Å². The molecule has 0 radical (unpaired) electrons. The molecule has 2 N–H and O–H groups in total. The summed E-state index contributed by atoms with van der Waals surface area (Å²) in [7, 11) is 1.63. The van der Waals surface area contributed by atoms with E-state index in [1.165, 1.54) is 4.68 Å². The topological polar surface area (TPSA) is 110 Å². The van der Waals surface area contributed by atoms with Crippen molar-refractivity contribution in [1.82, 2.24) is 9.78 Å². The number of anilines is 1. The summed E-state index contributed by atoms with van der Waals surface area (Å²) < 4.78 is 1.43. The van der Waals surface area contributed by atoms with Gasteiger partial charge in [0.1, 0.15) is 5.69 Å². The molecule has 20 heavy (non-hydrogen) atoms. The molecule has 0 fully saturated rings. The fourth-order valence-electron chi connectivity index (χ4n) is 1.83. The number of hydrogen-bond acceptors (Lipinski definition) is 5. The van der Waals surface area contributed by atoms with Gasteiger partial charge in [0.25, 0.3) is 0 Å². The average Bonchev–Trinajstić information content (AvgIpc) is 2.66. The lowest BCUT2D eigenvalue weighted by molar-refractivity contribution is -0.384. The second-order valence-corrected chi connectivity index (χ2v) is 5.07. The van der Waals surface area contributed by atoms with Gasteiger partial charge < -0.3 is 10.4 Å². The molecule has 0 amide bonds. The Bertz CT molecular complexity index is 510. The average molecular weight is 284 g/mol. The minimum Gasteiger partial charge on any atom is -0.481 e. The molecule has 0 aliphatic carbocycles. The molecule has 1 aromatic heterocycles. The third-order valence-electron chi connectivity index (χ3n) is 3.07. The molecule has 0 aliphatic rings. The Hall–Kier alpha value is -2.12. The summed E-state index contributed by atoms with van der Waals surface area (Å²) in [6, 6.07) is 0. The highest BCUT2D eigenvalue weighted by atomic mass is 16.6. The predicted molar refractivity (Wildman–Crippen MR) is 73.9 cm³/mol. The Balaban J connectivity index is 2.89. The van der Waals surface area contributed by atoms with Crippen molar-refractivity contribution in [1.29, 1.82) is 0 Å². The Morgan fingerprint density at radius 3 is 2.55 bits per heavy atom. The van der Waals surface area contributed by atoms with Crippen LogP contribution in [0.15, 0.2) is 0 Å². The van der Waals surface area contributed by atoms with Crippen LogP contribution in [0, 0.1) is 16.0 Å². The minimum absolute atomic E-state index is 0.0366. The van der Waals surface area contributed by atoms with Gasteiger partial charge in [-0.25, -0.2) is 4.68 Å². The zero-order valence-electron chi connectivity index (χ0n) is 12.1. The van der Waals surface area contributed by atoms with Gasteiger partial charge in [-0.3, -0.25) is 14.9 Å². The summed E-state index contributed by atoms with van der Waals surface area (Å²) in [5.74, 6) is -1.13. The number of nitro groups is 1. The number of nitrogens with one attached hydrogen (secondary N) is 1. The standard InChI is InChI=1S/C12H20N4O4/c1-7(2)9-10(16(19)20)11(15(4)14-9)13-6-5-8(3)12(17)18/h7-8,13H,5-6H2,1-4H3,(H,17,18). The first kappa shape index (κ1) is 15.9. The third-order valence-corrected chi connectivity index (χ3v) is 3.07. The van der Waals surface area contributed by atoms with E-state index in [-0.39, 0.29) is 11.6 Å². The molecule has 0 aromatic carbocycles. The summed E-state index contributed by atoms with van der Waals surface area (Å²) in [6.45, 7) is 5.61. The van der Waals surface area contributed by atoms with Gasteiger partial charge in [0.2, 0.25) is 5.82 Å². The Labute approximate surface area is 116 Å². The Morgan fingerprint density at radius 2 is 2.10 bits per heavy atom. The number of nitrogens with zero attached hydrogens (tertiary/aromatic N) is 3. The number of rotatable bonds is 7. The second kappa shape index (κ2) is 6.36. The highest BCUT2D eigenvalue weighted by molar-refractivity contribution is 5.69. The van der Waals surface area contributed by atoms with E-state index < -0.39 is 16.8 Å². The van der Waals surface area contributed by atoms with Crippen LogP contribution in [0.25, 0.3) is 0 Å². The zero-order chi connectivity index (χ0) is 15.4. The molecule has 112 valence electrons. The fourth-order valence-corrected chi connectivity index (χ4v) is 1.83. The largest absolute Gasteiger partial charge is 0.481 e. The maximum atomic E-state index is 11.2. The van der Waals surface area contributed by atoms with Gasteiger partial charge in [-0.2, -0.15) is 5.10 Å². The molecule has 0 spiro atoms. The molecular weight excluding hydrogens is 264 g/mol. The van der Waals surface area contributed by atoms with Gasteiger partial charge in [-0.15, -0.1) is 0 Å². The molecule has 0 bridgehead atoms. The predicted octanol–water partition coefficient (Wildman–Crippen LogP) is 1.97. The fraction of sp³-hybridized carbons (Fsp3) is 0.667. The highest BCUT2D eigenvalue weighted by Gasteiger charge is 2.28. The maximum Gasteiger partial charge on any atom is 0.334 e. The first-order chi connectivity index (χ1) is 9.25. The number of carboxylic acid groups (broad SMARTS) is 1. The van der Waals surface area contributed by atoms with Crippen LogP contribution in [-0.2, 0) is 11.8 Å². The summed E-state index contributed by atoms with van der Waals surface area (Å²) in [6.07, 6.45) is 0.384. The van der Waals surface area contributed by atoms with Gasteiger partial charge in [0, 0.05) is 19.5 Å². The number of aliphatic carboxylic acids is 1. The molecule has 1 heterocycles. The smallest absolute Gasteiger partial charge is 0.334 e. The minimum atomic E-state index is -0.880. The van der Waals surface area contributed by atoms with Crippen molar-refractivity contribution in [2.24, 2.45) is 13.0 Å². The molecule has 8 heteroatoms. The van der Waals surface area contributed by atoms with E-state index in [0.29, 0.717) is 24.5 Å². The maximum absolute atomic E-state index is 11.2. The van der Waals surface area contributed by atoms with E-state index in [1.54, 1.807) is 14.0 Å². The summed E-state index contributed by atoms with van der Waals surface area (Å²) >= 11 is 0. The summed E-state index contributed by atoms with van der Waals surface area (Å²) in [5.41, 5.74) is 0.386. The Morgan fingerprint density at radius 1 is 1.50 bits per heavy atom. The second-order valence-electron chi connectivity index (χ2n) is 5.07. The monoisotopic (exact) mass is 284 g/mol. The molecule has 1 rings (SSSR count). The van der Waals surface area contributed by atoms with Crippen LogP contribution in [-0.4, -0.2) is 32.3 Å². The number of hydrogen-bond donors (Lipinski definition) is 2. The van der Waals surface area contributed by atoms with Crippen LogP contribution in [0.1, 0.15) is 38.8 Å². The van der Waals surface area contributed by atoms with Gasteiger partial charge in [0.15, 0.2) is 0 Å². The van der Waals surface area contributed by atoms with Crippen molar-refractivity contribution in [3.05, 3.63) is 15.8 Å². The van der Waals surface area contributed by atoms with Crippen molar-refractivity contribution in [3.63, 3.8) is 0 Å². The van der Waals surface area contributed by atoms with Gasteiger partial charge in [-0.1, -0.05) is 20.8 Å². The van der Waals surface area contributed by atoms with Gasteiger partial charge in [0.05, 0.1) is 10.8 Å². The zero-order valence-corrected chi connectivity index (χ0v) is 12.1. The highest BCUT2D eigenvalue weighted by Crippen LogP contribution is 2.32. The van der Waals surface area contributed by atoms with E-state index in [2.05, 4.69) is 10.4 Å². The first-order valence-electron chi connectivity index (χ1n) is 6.43. The van der Waals surface area contributed by atoms with E-state index in [4.69, 9.17) is 5.11 Å². The summed E-state index contributed by atoms with van der Waals surface area (Å²) in [5, 5.41) is 27.1. The van der Waals surface area contributed by atoms with E-state index in [0.717, 1.165) is 0 Å². The quantitative estimate of drug-likeness (QED) is 0.585. The number of aryl methyl sites for hydroxylation is 1. The Kier molecular flexibility index (Phi) is 5.06. The summed E-state index contributed by atoms with van der Waals surface area (Å²) in [4.78, 5) is 21.5. The van der Waals surface area contributed by atoms with E-state index in [9.17, 15) is 14.9 Å². The van der Waals surface area contributed by atoms with E-state index in [1.807, 2.05) is 13.8 Å². The lowest BCUT2D eigenvalue weighted by Gasteiger charge is -2.08. The van der Waals surface area contributed by atoms with Gasteiger partial charge >= 0.3 is 11.7 Å². The van der Waals surface area contributed by atoms with Crippen molar-refractivity contribution >= 4 is 17.5 Å². The molecule has 1 atom stereocenters. The van der Waals surface area contributed by atoms with Crippen molar-refractivity contribution < 1.29 is 14.8 Å². The van der Waals surface area contributed by atoms with Crippen LogP contribution in [0.4, 0.5) is 11.5 Å².